The molecular weight excluding hydrogens is 547 g/mol. The Balaban J connectivity index is 1.54. The van der Waals surface area contributed by atoms with Gasteiger partial charge in [0.2, 0.25) is 5.91 Å². The van der Waals surface area contributed by atoms with Crippen molar-refractivity contribution in [1.82, 2.24) is 14.3 Å². The van der Waals surface area contributed by atoms with Gasteiger partial charge in [-0.2, -0.15) is 4.31 Å². The molecule has 0 radical (unpaired) electrons. The van der Waals surface area contributed by atoms with Crippen LogP contribution in [0.2, 0.25) is 9.36 Å². The molecule has 5 rings (SSSR count). The molecule has 0 saturated carbocycles. The van der Waals surface area contributed by atoms with E-state index < -0.39 is 16.1 Å². The summed E-state index contributed by atoms with van der Waals surface area (Å²) < 4.78 is 29.4. The molecule has 1 aliphatic heterocycles. The Hall–Kier alpha value is -2.08. The number of thiophene rings is 1. The lowest BCUT2D eigenvalue weighted by Gasteiger charge is -2.28. The number of carbonyl (C=O) groups is 1. The third-order valence-corrected chi connectivity index (χ3v) is 10.7. The van der Waals surface area contributed by atoms with E-state index in [1.165, 1.54) is 21.7 Å². The van der Waals surface area contributed by atoms with E-state index in [1.54, 1.807) is 23.4 Å². The zero-order chi connectivity index (χ0) is 24.7. The second-order valence-electron chi connectivity index (χ2n) is 8.18. The standard InChI is InChI=1S/C23H20Cl2N4O3S3/c1-14-11-16(24)12-18-21(14)27-23(33-18)28(13-15-6-8-26-9-7-15)22(30)17-3-2-10-29(17)35(31,32)20-5-4-19(25)34-20/h4-9,11-12,17H,2-3,10,13H2,1H3. The van der Waals surface area contributed by atoms with Gasteiger partial charge >= 0.3 is 0 Å². The highest BCUT2D eigenvalue weighted by Gasteiger charge is 2.42. The molecule has 1 unspecified atom stereocenters. The number of amides is 1. The number of halogens is 2. The van der Waals surface area contributed by atoms with Gasteiger partial charge in [-0.3, -0.25) is 14.7 Å². The molecule has 0 N–H and O–H groups in total. The minimum Gasteiger partial charge on any atom is -0.282 e. The molecule has 1 aromatic carbocycles. The molecule has 0 spiro atoms. The average Bonchev–Trinajstić information content (AvgIpc) is 3.57. The maximum atomic E-state index is 14.0. The van der Waals surface area contributed by atoms with Crippen LogP contribution in [0.4, 0.5) is 5.13 Å². The van der Waals surface area contributed by atoms with Crippen LogP contribution >= 0.6 is 45.9 Å². The van der Waals surface area contributed by atoms with E-state index in [-0.39, 0.29) is 23.2 Å². The minimum atomic E-state index is -3.86. The maximum absolute atomic E-state index is 14.0. The van der Waals surface area contributed by atoms with E-state index >= 15 is 0 Å². The summed E-state index contributed by atoms with van der Waals surface area (Å²) >= 11 is 14.6. The second-order valence-corrected chi connectivity index (χ2v) is 13.5. The zero-order valence-corrected chi connectivity index (χ0v) is 22.5. The van der Waals surface area contributed by atoms with Gasteiger partial charge < -0.3 is 0 Å². The topological polar surface area (TPSA) is 83.5 Å². The number of fused-ring (bicyclic) bond motifs is 1. The molecule has 35 heavy (non-hydrogen) atoms. The number of hydrogen-bond acceptors (Lipinski definition) is 7. The lowest BCUT2D eigenvalue weighted by Crippen LogP contribution is -2.47. The number of anilines is 1. The first kappa shape index (κ1) is 24.6. The number of aromatic nitrogens is 2. The highest BCUT2D eigenvalue weighted by molar-refractivity contribution is 7.91. The number of carbonyl (C=O) groups excluding carboxylic acids is 1. The first-order chi connectivity index (χ1) is 16.7. The summed E-state index contributed by atoms with van der Waals surface area (Å²) in [5.74, 6) is -0.312. The number of aryl methyl sites for hydroxylation is 1. The summed E-state index contributed by atoms with van der Waals surface area (Å²) in [6.45, 7) is 2.43. The highest BCUT2D eigenvalue weighted by atomic mass is 35.5. The van der Waals surface area contributed by atoms with Crippen molar-refractivity contribution < 1.29 is 13.2 Å². The van der Waals surface area contributed by atoms with Crippen LogP contribution in [0.5, 0.6) is 0 Å². The summed E-state index contributed by atoms with van der Waals surface area (Å²) in [6, 6.07) is 9.51. The number of rotatable bonds is 6. The molecule has 1 atom stereocenters. The number of benzene rings is 1. The molecule has 1 fully saturated rings. The van der Waals surface area contributed by atoms with Gasteiger partial charge in [0.15, 0.2) is 5.13 Å². The molecule has 3 aromatic heterocycles. The Labute approximate surface area is 221 Å². The highest BCUT2D eigenvalue weighted by Crippen LogP contribution is 2.37. The van der Waals surface area contributed by atoms with Crippen molar-refractivity contribution in [3.8, 4) is 0 Å². The summed E-state index contributed by atoms with van der Waals surface area (Å²) in [5, 5.41) is 1.09. The fourth-order valence-corrected chi connectivity index (χ4v) is 8.86. The Bertz CT molecular complexity index is 1500. The van der Waals surface area contributed by atoms with Crippen molar-refractivity contribution in [2.24, 2.45) is 0 Å². The fraction of sp³-hybridized carbons (Fsp3) is 0.261. The first-order valence-electron chi connectivity index (χ1n) is 10.8. The van der Waals surface area contributed by atoms with Gasteiger partial charge in [0, 0.05) is 24.0 Å². The van der Waals surface area contributed by atoms with Gasteiger partial charge in [-0.15, -0.1) is 11.3 Å². The predicted octanol–water partition coefficient (Wildman–Crippen LogP) is 5.75. The van der Waals surface area contributed by atoms with E-state index in [0.29, 0.717) is 27.3 Å². The minimum absolute atomic E-state index is 0.133. The van der Waals surface area contributed by atoms with E-state index in [9.17, 15) is 13.2 Å². The van der Waals surface area contributed by atoms with E-state index in [4.69, 9.17) is 28.2 Å². The monoisotopic (exact) mass is 566 g/mol. The molecule has 7 nitrogen and oxygen atoms in total. The average molecular weight is 568 g/mol. The van der Waals surface area contributed by atoms with Crippen molar-refractivity contribution in [1.29, 1.82) is 0 Å². The van der Waals surface area contributed by atoms with Crippen LogP contribution in [0.3, 0.4) is 0 Å². The van der Waals surface area contributed by atoms with Crippen LogP contribution in [-0.4, -0.2) is 41.2 Å². The van der Waals surface area contributed by atoms with Gasteiger partial charge in [-0.05, 0) is 67.3 Å². The van der Waals surface area contributed by atoms with Gasteiger partial charge in [0.25, 0.3) is 10.0 Å². The van der Waals surface area contributed by atoms with Gasteiger partial charge in [0.05, 0.1) is 21.1 Å². The number of sulfonamides is 1. The lowest BCUT2D eigenvalue weighted by atomic mass is 10.2. The van der Waals surface area contributed by atoms with Crippen molar-refractivity contribution in [2.45, 2.75) is 36.6 Å². The van der Waals surface area contributed by atoms with Gasteiger partial charge in [0.1, 0.15) is 10.3 Å². The summed E-state index contributed by atoms with van der Waals surface area (Å²) in [7, 11) is -3.86. The molecule has 4 aromatic rings. The smallest absolute Gasteiger partial charge is 0.253 e. The van der Waals surface area contributed by atoms with Gasteiger partial charge in [-0.25, -0.2) is 13.4 Å². The number of nitrogens with zero attached hydrogens (tertiary/aromatic N) is 4. The molecule has 1 amide bonds. The number of thiazole rings is 1. The normalized spacial score (nSPS) is 16.7. The summed E-state index contributed by atoms with van der Waals surface area (Å²) in [6.07, 6.45) is 4.34. The Morgan fingerprint density at radius 2 is 1.94 bits per heavy atom. The largest absolute Gasteiger partial charge is 0.282 e. The number of pyridine rings is 1. The SMILES string of the molecule is Cc1cc(Cl)cc2sc(N(Cc3ccncc3)C(=O)C3CCCN3S(=O)(=O)c3ccc(Cl)s3)nc12. The maximum Gasteiger partial charge on any atom is 0.253 e. The second kappa shape index (κ2) is 9.76. The third-order valence-electron chi connectivity index (χ3n) is 5.83. The summed E-state index contributed by atoms with van der Waals surface area (Å²) in [4.78, 5) is 24.4. The van der Waals surface area contributed by atoms with Gasteiger partial charge in [-0.1, -0.05) is 34.5 Å². The molecule has 182 valence electrons. The van der Waals surface area contributed by atoms with Crippen molar-refractivity contribution in [3.63, 3.8) is 0 Å². The fourth-order valence-electron chi connectivity index (χ4n) is 4.18. The first-order valence-corrected chi connectivity index (χ1v) is 14.6. The molecule has 0 bridgehead atoms. The van der Waals surface area contributed by atoms with Crippen LogP contribution in [0.15, 0.2) is 53.0 Å². The summed E-state index contributed by atoms with van der Waals surface area (Å²) in [5.41, 5.74) is 2.54. The molecule has 1 aliphatic rings. The van der Waals surface area contributed by atoms with E-state index in [1.807, 2.05) is 31.2 Å². The van der Waals surface area contributed by atoms with Crippen LogP contribution in [0, 0.1) is 6.92 Å². The third kappa shape index (κ3) is 4.83. The van der Waals surface area contributed by atoms with Crippen LogP contribution in [-0.2, 0) is 21.4 Å². The quantitative estimate of drug-likeness (QED) is 0.296. The zero-order valence-electron chi connectivity index (χ0n) is 18.5. The van der Waals surface area contributed by atoms with Crippen molar-refractivity contribution in [2.75, 3.05) is 11.4 Å². The molecular formula is C23H20Cl2N4O3S3. The molecule has 0 aliphatic carbocycles. The predicted molar refractivity (Wildman–Crippen MR) is 141 cm³/mol. The lowest BCUT2D eigenvalue weighted by molar-refractivity contribution is -0.121. The molecule has 1 saturated heterocycles. The Morgan fingerprint density at radius 3 is 2.66 bits per heavy atom. The van der Waals surface area contributed by atoms with Crippen molar-refractivity contribution in [3.05, 3.63) is 69.3 Å². The molecule has 12 heteroatoms. The van der Waals surface area contributed by atoms with E-state index in [0.717, 1.165) is 32.7 Å². The van der Waals surface area contributed by atoms with Crippen molar-refractivity contribution >= 4 is 77.2 Å². The van der Waals surface area contributed by atoms with E-state index in [2.05, 4.69) is 4.98 Å². The Kier molecular flexibility index (Phi) is 6.86. The van der Waals surface area contributed by atoms with Crippen LogP contribution < -0.4 is 4.90 Å². The van der Waals surface area contributed by atoms with Crippen LogP contribution in [0.1, 0.15) is 24.0 Å². The number of hydrogen-bond donors (Lipinski definition) is 0. The molecule has 4 heterocycles. The Morgan fingerprint density at radius 1 is 1.17 bits per heavy atom. The van der Waals surface area contributed by atoms with Crippen LogP contribution in [0.25, 0.3) is 10.2 Å².